The third-order valence-corrected chi connectivity index (χ3v) is 6.41. The monoisotopic (exact) mass is 448 g/mol. The van der Waals surface area contributed by atoms with Gasteiger partial charge in [0.15, 0.2) is 12.4 Å². The Balaban J connectivity index is 1.70. The molecule has 1 aliphatic rings. The Kier molecular flexibility index (Phi) is 6.11. The fourth-order valence-electron chi connectivity index (χ4n) is 4.50. The minimum atomic E-state index is -0.452. The molecule has 0 aliphatic carbocycles. The third kappa shape index (κ3) is 4.42. The Morgan fingerprint density at radius 3 is 2.45 bits per heavy atom. The highest BCUT2D eigenvalue weighted by atomic mass is 19.1. The first kappa shape index (κ1) is 22.8. The summed E-state index contributed by atoms with van der Waals surface area (Å²) < 4.78 is 20.9. The number of amides is 1. The van der Waals surface area contributed by atoms with Crippen molar-refractivity contribution in [2.75, 3.05) is 0 Å². The molecule has 0 radical (unpaired) electrons. The molecule has 33 heavy (non-hydrogen) atoms. The van der Waals surface area contributed by atoms with E-state index in [1.54, 1.807) is 23.1 Å². The van der Waals surface area contributed by atoms with Crippen molar-refractivity contribution < 1.29 is 18.7 Å². The van der Waals surface area contributed by atoms with Crippen LogP contribution in [0.1, 0.15) is 60.6 Å². The van der Waals surface area contributed by atoms with Gasteiger partial charge in [0.25, 0.3) is 0 Å². The first-order chi connectivity index (χ1) is 15.7. The lowest BCUT2D eigenvalue weighted by Crippen LogP contribution is -2.32. The number of carbonyl (C=O) groups is 1. The average Bonchev–Trinajstić information content (AvgIpc) is 3.03. The van der Waals surface area contributed by atoms with E-state index in [2.05, 4.69) is 6.07 Å². The van der Waals surface area contributed by atoms with Crippen LogP contribution < -0.4 is 4.73 Å². The topological polar surface area (TPSA) is 56.5 Å². The first-order valence-electron chi connectivity index (χ1n) is 11.2. The number of carbonyl (C=O) groups excluding carboxylic acids is 1. The first-order valence-corrected chi connectivity index (χ1v) is 11.2. The number of benzene rings is 2. The Morgan fingerprint density at radius 2 is 1.79 bits per heavy atom. The SMILES string of the molecule is Cc1ccc(-c2cc(C(C)C)c(F)cc2C)c(CN2C(=O)O[C@H](c3cc[n+]([O-])cc3)[C@@H]2C)c1. The van der Waals surface area contributed by atoms with Gasteiger partial charge in [-0.15, -0.1) is 0 Å². The Hall–Kier alpha value is -3.41. The summed E-state index contributed by atoms with van der Waals surface area (Å²) in [4.78, 5) is 14.5. The number of rotatable bonds is 5. The molecule has 5 nitrogen and oxygen atoms in total. The molecule has 2 heterocycles. The predicted molar refractivity (Wildman–Crippen MR) is 125 cm³/mol. The Morgan fingerprint density at radius 1 is 1.09 bits per heavy atom. The molecule has 1 aliphatic heterocycles. The maximum atomic E-state index is 14.5. The fourth-order valence-corrected chi connectivity index (χ4v) is 4.50. The highest BCUT2D eigenvalue weighted by molar-refractivity contribution is 5.74. The molecule has 1 aromatic heterocycles. The molecular formula is C27H29FN2O3. The van der Waals surface area contributed by atoms with Crippen LogP contribution >= 0.6 is 0 Å². The summed E-state index contributed by atoms with van der Waals surface area (Å²) in [6, 6.07) is 12.8. The summed E-state index contributed by atoms with van der Waals surface area (Å²) in [5, 5.41) is 11.4. The standard InChI is InChI=1S/C27H29FN2O3/c1-16(2)23-14-24(18(4)13-25(23)28)22-7-6-17(3)12-21(22)15-30-19(5)26(33-27(30)31)20-8-10-29(32)11-9-20/h6-14,16,19,26H,15H2,1-5H3/t19-,26-/m0/s1. The van der Waals surface area contributed by atoms with Crippen molar-refractivity contribution in [2.45, 2.75) is 59.2 Å². The van der Waals surface area contributed by atoms with E-state index >= 15 is 0 Å². The van der Waals surface area contributed by atoms with Crippen LogP contribution in [-0.4, -0.2) is 17.0 Å². The lowest BCUT2D eigenvalue weighted by atomic mass is 9.90. The van der Waals surface area contributed by atoms with Crippen LogP contribution in [0.2, 0.25) is 0 Å². The van der Waals surface area contributed by atoms with E-state index < -0.39 is 12.2 Å². The molecule has 1 saturated heterocycles. The van der Waals surface area contributed by atoms with Crippen molar-refractivity contribution >= 4 is 6.09 Å². The lowest BCUT2D eigenvalue weighted by molar-refractivity contribution is -0.605. The molecule has 0 bridgehead atoms. The van der Waals surface area contributed by atoms with E-state index in [9.17, 15) is 14.4 Å². The van der Waals surface area contributed by atoms with Crippen molar-refractivity contribution in [3.8, 4) is 11.1 Å². The number of hydrogen-bond donors (Lipinski definition) is 0. The van der Waals surface area contributed by atoms with Crippen LogP contribution in [0, 0.1) is 24.9 Å². The van der Waals surface area contributed by atoms with Gasteiger partial charge in [-0.1, -0.05) is 37.6 Å². The van der Waals surface area contributed by atoms with Crippen molar-refractivity contribution in [3.05, 3.63) is 93.7 Å². The number of hydrogen-bond acceptors (Lipinski definition) is 3. The van der Waals surface area contributed by atoms with Gasteiger partial charge < -0.3 is 9.94 Å². The number of nitrogens with zero attached hydrogens (tertiary/aromatic N) is 2. The van der Waals surface area contributed by atoms with Crippen molar-refractivity contribution in [1.82, 2.24) is 4.90 Å². The lowest BCUT2D eigenvalue weighted by Gasteiger charge is -2.23. The van der Waals surface area contributed by atoms with Crippen molar-refractivity contribution in [2.24, 2.45) is 0 Å². The van der Waals surface area contributed by atoms with Gasteiger partial charge in [-0.25, -0.2) is 9.18 Å². The van der Waals surface area contributed by atoms with Crippen LogP contribution in [0.4, 0.5) is 9.18 Å². The zero-order valence-electron chi connectivity index (χ0n) is 19.6. The maximum Gasteiger partial charge on any atom is 0.411 e. The second-order valence-corrected chi connectivity index (χ2v) is 9.17. The summed E-state index contributed by atoms with van der Waals surface area (Å²) in [5.74, 6) is -0.131. The molecule has 2 aromatic carbocycles. The summed E-state index contributed by atoms with van der Waals surface area (Å²) in [6.07, 6.45) is 1.96. The zero-order valence-corrected chi connectivity index (χ0v) is 19.6. The van der Waals surface area contributed by atoms with E-state index in [1.165, 1.54) is 12.4 Å². The molecule has 4 rings (SSSR count). The van der Waals surface area contributed by atoms with Gasteiger partial charge in [0.1, 0.15) is 11.9 Å². The quantitative estimate of drug-likeness (QED) is 0.358. The third-order valence-electron chi connectivity index (χ3n) is 6.41. The highest BCUT2D eigenvalue weighted by Crippen LogP contribution is 2.36. The number of pyridine rings is 1. The zero-order chi connectivity index (χ0) is 23.9. The Bertz CT molecular complexity index is 1190. The smallest absolute Gasteiger partial charge is 0.411 e. The molecule has 6 heteroatoms. The normalized spacial score (nSPS) is 18.2. The average molecular weight is 449 g/mol. The molecule has 1 fully saturated rings. The molecule has 0 unspecified atom stereocenters. The van der Waals surface area contributed by atoms with E-state index in [1.807, 2.05) is 52.8 Å². The van der Waals surface area contributed by atoms with E-state index in [0.717, 1.165) is 33.4 Å². The van der Waals surface area contributed by atoms with E-state index in [4.69, 9.17) is 4.74 Å². The Labute approximate surface area is 194 Å². The van der Waals surface area contributed by atoms with Gasteiger partial charge in [0.05, 0.1) is 12.6 Å². The summed E-state index contributed by atoms with van der Waals surface area (Å²) in [7, 11) is 0. The second-order valence-electron chi connectivity index (χ2n) is 9.17. The number of aryl methyl sites for hydroxylation is 2. The molecule has 0 saturated carbocycles. The van der Waals surface area contributed by atoms with E-state index in [0.29, 0.717) is 16.8 Å². The van der Waals surface area contributed by atoms with E-state index in [-0.39, 0.29) is 17.8 Å². The van der Waals surface area contributed by atoms with Crippen molar-refractivity contribution in [3.63, 3.8) is 0 Å². The van der Waals surface area contributed by atoms with Crippen molar-refractivity contribution in [1.29, 1.82) is 0 Å². The fraction of sp³-hybridized carbons (Fsp3) is 0.333. The maximum absolute atomic E-state index is 14.5. The summed E-state index contributed by atoms with van der Waals surface area (Å²) in [5.41, 5.74) is 6.33. The highest BCUT2D eigenvalue weighted by Gasteiger charge is 2.40. The minimum Gasteiger partial charge on any atom is -0.619 e. The van der Waals surface area contributed by atoms with Crippen LogP contribution in [-0.2, 0) is 11.3 Å². The number of aromatic nitrogens is 1. The molecular weight excluding hydrogens is 419 g/mol. The van der Waals surface area contributed by atoms with Gasteiger partial charge in [0, 0.05) is 17.7 Å². The predicted octanol–water partition coefficient (Wildman–Crippen LogP) is 5.95. The van der Waals surface area contributed by atoms with Crippen LogP contribution in [0.15, 0.2) is 54.9 Å². The largest absolute Gasteiger partial charge is 0.619 e. The molecule has 1 amide bonds. The molecule has 0 N–H and O–H groups in total. The number of ether oxygens (including phenoxy) is 1. The van der Waals surface area contributed by atoms with Gasteiger partial charge in [-0.05, 0) is 66.6 Å². The summed E-state index contributed by atoms with van der Waals surface area (Å²) >= 11 is 0. The number of halogens is 1. The van der Waals surface area contributed by atoms with Gasteiger partial charge in [0.2, 0.25) is 0 Å². The molecule has 3 aromatic rings. The molecule has 0 spiro atoms. The minimum absolute atomic E-state index is 0.0614. The second kappa shape index (κ2) is 8.85. The van der Waals surface area contributed by atoms with Crippen LogP contribution in [0.25, 0.3) is 11.1 Å². The van der Waals surface area contributed by atoms with Gasteiger partial charge >= 0.3 is 6.09 Å². The van der Waals surface area contributed by atoms with Crippen LogP contribution in [0.3, 0.4) is 0 Å². The van der Waals surface area contributed by atoms with Crippen LogP contribution in [0.5, 0.6) is 0 Å². The van der Waals surface area contributed by atoms with Gasteiger partial charge in [-0.3, -0.25) is 4.90 Å². The number of cyclic esters (lactones) is 1. The molecule has 172 valence electrons. The summed E-state index contributed by atoms with van der Waals surface area (Å²) in [6.45, 7) is 10.2. The molecule has 2 atom stereocenters. The van der Waals surface area contributed by atoms with Gasteiger partial charge in [-0.2, -0.15) is 4.73 Å².